The summed E-state index contributed by atoms with van der Waals surface area (Å²) < 4.78 is 0. The van der Waals surface area contributed by atoms with Gasteiger partial charge < -0.3 is 5.32 Å². The summed E-state index contributed by atoms with van der Waals surface area (Å²) in [7, 11) is 0. The fraction of sp³-hybridized carbons (Fsp3) is 0.600. The summed E-state index contributed by atoms with van der Waals surface area (Å²) in [6, 6.07) is 7.65. The lowest BCUT2D eigenvalue weighted by molar-refractivity contribution is 0.640. The second kappa shape index (κ2) is 6.46. The molecule has 0 heterocycles. The summed E-state index contributed by atoms with van der Waals surface area (Å²) in [6.45, 7) is 5.57. The van der Waals surface area contributed by atoms with Crippen LogP contribution in [0.1, 0.15) is 36.8 Å². The molecule has 1 nitrogen and oxygen atoms in total. The first-order chi connectivity index (χ1) is 8.25. The van der Waals surface area contributed by atoms with E-state index in [0.717, 1.165) is 6.04 Å². The smallest absolute Gasteiger partial charge is 0.00747 e. The quantitative estimate of drug-likeness (QED) is 0.580. The van der Waals surface area contributed by atoms with Crippen LogP contribution in [0.15, 0.2) is 23.1 Å². The summed E-state index contributed by atoms with van der Waals surface area (Å²) in [5.41, 5.74) is 2.80. The van der Waals surface area contributed by atoms with E-state index in [1.165, 1.54) is 54.0 Å². The van der Waals surface area contributed by atoms with E-state index in [9.17, 15) is 0 Å². The Hall–Kier alpha value is -0.470. The number of hydrogen-bond donors (Lipinski definition) is 1. The van der Waals surface area contributed by atoms with Crippen molar-refractivity contribution < 1.29 is 0 Å². The molecule has 2 rings (SSSR count). The highest BCUT2D eigenvalue weighted by Gasteiger charge is 2.19. The van der Waals surface area contributed by atoms with Crippen molar-refractivity contribution in [3.05, 3.63) is 29.3 Å². The predicted octanol–water partition coefficient (Wildman–Crippen LogP) is 3.93. The van der Waals surface area contributed by atoms with Crippen molar-refractivity contribution >= 4 is 11.8 Å². The molecule has 1 aromatic rings. The molecule has 0 aromatic heterocycles. The lowest BCUT2D eigenvalue weighted by Crippen LogP contribution is -2.17. The van der Waals surface area contributed by atoms with Crippen LogP contribution < -0.4 is 5.32 Å². The van der Waals surface area contributed by atoms with E-state index in [4.69, 9.17) is 0 Å². The van der Waals surface area contributed by atoms with Gasteiger partial charge in [-0.25, -0.2) is 0 Å². The summed E-state index contributed by atoms with van der Waals surface area (Å²) in [5.74, 6) is 1.24. The third-order valence-electron chi connectivity index (χ3n) is 3.33. The first kappa shape index (κ1) is 13.0. The van der Waals surface area contributed by atoms with E-state index in [1.807, 2.05) is 11.8 Å². The molecular weight excluding hydrogens is 226 g/mol. The molecule has 0 unspecified atom stereocenters. The molecule has 1 aromatic carbocycles. The Morgan fingerprint density at radius 2 is 2.00 bits per heavy atom. The lowest BCUT2D eigenvalue weighted by atomic mass is 10.1. The minimum Gasteiger partial charge on any atom is -0.314 e. The van der Waals surface area contributed by atoms with Crippen molar-refractivity contribution in [3.63, 3.8) is 0 Å². The van der Waals surface area contributed by atoms with Crippen LogP contribution in [0, 0.1) is 13.8 Å². The van der Waals surface area contributed by atoms with Gasteiger partial charge in [-0.2, -0.15) is 0 Å². The van der Waals surface area contributed by atoms with Gasteiger partial charge >= 0.3 is 0 Å². The molecule has 1 N–H and O–H groups in total. The van der Waals surface area contributed by atoms with Gasteiger partial charge in [-0.05, 0) is 75.1 Å². The Bertz CT molecular complexity index is 358. The highest BCUT2D eigenvalue weighted by molar-refractivity contribution is 7.99. The van der Waals surface area contributed by atoms with E-state index in [2.05, 4.69) is 37.4 Å². The minimum absolute atomic E-state index is 0.863. The molecule has 0 saturated heterocycles. The van der Waals surface area contributed by atoms with Gasteiger partial charge in [-0.15, -0.1) is 11.8 Å². The Morgan fingerprint density at radius 3 is 2.71 bits per heavy atom. The van der Waals surface area contributed by atoms with Gasteiger partial charge in [0.1, 0.15) is 0 Å². The molecule has 0 spiro atoms. The van der Waals surface area contributed by atoms with Gasteiger partial charge in [-0.3, -0.25) is 0 Å². The monoisotopic (exact) mass is 249 g/mol. The molecule has 1 saturated carbocycles. The first-order valence-electron chi connectivity index (χ1n) is 6.69. The molecule has 1 fully saturated rings. The average Bonchev–Trinajstić information content (AvgIpc) is 3.12. The molecular formula is C15H23NS. The molecule has 1 aliphatic carbocycles. The van der Waals surface area contributed by atoms with Crippen molar-refractivity contribution in [3.8, 4) is 0 Å². The van der Waals surface area contributed by atoms with Crippen LogP contribution in [0.4, 0.5) is 0 Å². The Kier molecular flexibility index (Phi) is 4.93. The summed E-state index contributed by atoms with van der Waals surface area (Å²) in [4.78, 5) is 1.42. The fourth-order valence-corrected chi connectivity index (χ4v) is 2.82. The zero-order valence-corrected chi connectivity index (χ0v) is 11.8. The van der Waals surface area contributed by atoms with Crippen LogP contribution in [0.5, 0.6) is 0 Å². The molecule has 94 valence electrons. The SMILES string of the molecule is Cc1ccc(SCCCCNC2CC2)cc1C. The van der Waals surface area contributed by atoms with Crippen molar-refractivity contribution in [2.75, 3.05) is 12.3 Å². The number of aryl methyl sites for hydroxylation is 2. The average molecular weight is 249 g/mol. The third-order valence-corrected chi connectivity index (χ3v) is 4.41. The van der Waals surface area contributed by atoms with Gasteiger partial charge in [0.15, 0.2) is 0 Å². The van der Waals surface area contributed by atoms with Crippen LogP contribution in [-0.2, 0) is 0 Å². The van der Waals surface area contributed by atoms with Gasteiger partial charge in [0.25, 0.3) is 0 Å². The van der Waals surface area contributed by atoms with Gasteiger partial charge in [0.05, 0.1) is 0 Å². The normalized spacial score (nSPS) is 15.2. The predicted molar refractivity (Wildman–Crippen MR) is 76.9 cm³/mol. The summed E-state index contributed by atoms with van der Waals surface area (Å²) >= 11 is 1.99. The number of hydrogen-bond acceptors (Lipinski definition) is 2. The zero-order valence-electron chi connectivity index (χ0n) is 11.0. The number of benzene rings is 1. The van der Waals surface area contributed by atoms with E-state index < -0.39 is 0 Å². The Morgan fingerprint density at radius 1 is 1.18 bits per heavy atom. The lowest BCUT2D eigenvalue weighted by Gasteiger charge is -2.05. The standard InChI is InChI=1S/C15H23NS/c1-12-5-8-15(11-13(12)2)17-10-4-3-9-16-14-6-7-14/h5,8,11,14,16H,3-4,6-7,9-10H2,1-2H3. The number of unbranched alkanes of at least 4 members (excludes halogenated alkanes) is 1. The van der Waals surface area contributed by atoms with Gasteiger partial charge in [0, 0.05) is 10.9 Å². The molecule has 0 amide bonds. The third kappa shape index (κ3) is 4.72. The van der Waals surface area contributed by atoms with E-state index in [-0.39, 0.29) is 0 Å². The largest absolute Gasteiger partial charge is 0.314 e. The highest BCUT2D eigenvalue weighted by atomic mass is 32.2. The molecule has 2 heteroatoms. The zero-order chi connectivity index (χ0) is 12.1. The van der Waals surface area contributed by atoms with Crippen molar-refractivity contribution in [2.24, 2.45) is 0 Å². The molecule has 1 aliphatic rings. The Balaban J connectivity index is 1.58. The second-order valence-electron chi connectivity index (χ2n) is 5.03. The van der Waals surface area contributed by atoms with Crippen LogP contribution in [0.25, 0.3) is 0 Å². The summed E-state index contributed by atoms with van der Waals surface area (Å²) in [5, 5.41) is 3.56. The maximum Gasteiger partial charge on any atom is 0.00747 e. The maximum atomic E-state index is 3.56. The van der Waals surface area contributed by atoms with Gasteiger partial charge in [-0.1, -0.05) is 6.07 Å². The maximum absolute atomic E-state index is 3.56. The number of nitrogens with one attached hydrogen (secondary N) is 1. The van der Waals surface area contributed by atoms with Crippen LogP contribution in [0.3, 0.4) is 0 Å². The summed E-state index contributed by atoms with van der Waals surface area (Å²) in [6.07, 6.45) is 5.43. The Labute approximate surface area is 109 Å². The molecule has 0 bridgehead atoms. The van der Waals surface area contributed by atoms with Gasteiger partial charge in [0.2, 0.25) is 0 Å². The number of thioether (sulfide) groups is 1. The molecule has 0 aliphatic heterocycles. The molecule has 17 heavy (non-hydrogen) atoms. The van der Waals surface area contributed by atoms with Crippen molar-refractivity contribution in [1.82, 2.24) is 5.32 Å². The highest BCUT2D eigenvalue weighted by Crippen LogP contribution is 2.22. The molecule has 0 radical (unpaired) electrons. The van der Waals surface area contributed by atoms with E-state index in [1.54, 1.807) is 0 Å². The van der Waals surface area contributed by atoms with Crippen LogP contribution >= 0.6 is 11.8 Å². The number of rotatable bonds is 7. The van der Waals surface area contributed by atoms with E-state index in [0.29, 0.717) is 0 Å². The molecule has 0 atom stereocenters. The topological polar surface area (TPSA) is 12.0 Å². The second-order valence-corrected chi connectivity index (χ2v) is 6.20. The first-order valence-corrected chi connectivity index (χ1v) is 7.68. The van der Waals surface area contributed by atoms with Crippen molar-refractivity contribution in [1.29, 1.82) is 0 Å². The van der Waals surface area contributed by atoms with E-state index >= 15 is 0 Å². The van der Waals surface area contributed by atoms with Crippen LogP contribution in [0.2, 0.25) is 0 Å². The van der Waals surface area contributed by atoms with Crippen LogP contribution in [-0.4, -0.2) is 18.3 Å². The van der Waals surface area contributed by atoms with Crippen molar-refractivity contribution in [2.45, 2.75) is 50.5 Å². The minimum atomic E-state index is 0.863. The fourth-order valence-electron chi connectivity index (χ4n) is 1.81.